The third kappa shape index (κ3) is 3.00. The second-order valence-corrected chi connectivity index (χ2v) is 4.22. The molecule has 1 amide bonds. The van der Waals surface area contributed by atoms with Gasteiger partial charge in [0, 0.05) is 6.08 Å². The fourth-order valence-corrected chi connectivity index (χ4v) is 1.58. The van der Waals surface area contributed by atoms with Crippen molar-refractivity contribution in [3.05, 3.63) is 58.8 Å². The average molecular weight is 317 g/mol. The van der Waals surface area contributed by atoms with Crippen molar-refractivity contribution in [3.8, 4) is 0 Å². The highest BCUT2D eigenvalue weighted by Gasteiger charge is 2.26. The maximum absolute atomic E-state index is 13.4. The van der Waals surface area contributed by atoms with E-state index in [4.69, 9.17) is 4.42 Å². The molecule has 8 heteroatoms. The van der Waals surface area contributed by atoms with Crippen molar-refractivity contribution in [1.29, 1.82) is 0 Å². The van der Waals surface area contributed by atoms with Gasteiger partial charge in [-0.05, 0) is 25.1 Å². The highest BCUT2D eigenvalue weighted by molar-refractivity contribution is 6.01. The number of nitrogens with one attached hydrogen (secondary N) is 1. The van der Waals surface area contributed by atoms with Crippen LogP contribution in [0.1, 0.15) is 11.5 Å². The molecule has 1 aromatic heterocycles. The molecule has 22 heavy (non-hydrogen) atoms. The zero-order chi connectivity index (χ0) is 16.4. The molecule has 0 spiro atoms. The summed E-state index contributed by atoms with van der Waals surface area (Å²) in [6.45, 7) is 1.66. The molecule has 0 saturated carbocycles. The first-order valence-electron chi connectivity index (χ1n) is 5.88. The predicted octanol–water partition coefficient (Wildman–Crippen LogP) is 3.94. The van der Waals surface area contributed by atoms with Gasteiger partial charge >= 0.3 is 0 Å². The quantitative estimate of drug-likeness (QED) is 0.403. The minimum Gasteiger partial charge on any atom is -0.462 e. The molecule has 0 aliphatic rings. The summed E-state index contributed by atoms with van der Waals surface area (Å²) in [5, 5.41) is 1.60. The van der Waals surface area contributed by atoms with Crippen LogP contribution in [-0.4, -0.2) is 5.91 Å². The fourth-order valence-electron chi connectivity index (χ4n) is 1.58. The van der Waals surface area contributed by atoms with Crippen LogP contribution in [0.2, 0.25) is 0 Å². The van der Waals surface area contributed by atoms with Gasteiger partial charge in [0.25, 0.3) is 0 Å². The molecule has 3 nitrogen and oxygen atoms in total. The Morgan fingerprint density at radius 2 is 1.55 bits per heavy atom. The monoisotopic (exact) mass is 317 g/mol. The number of carbonyl (C=O) groups excluding carboxylic acids is 1. The summed E-state index contributed by atoms with van der Waals surface area (Å²) < 4.78 is 70.6. The largest absolute Gasteiger partial charge is 0.462 e. The first-order chi connectivity index (χ1) is 10.3. The van der Waals surface area contributed by atoms with Gasteiger partial charge in [-0.25, -0.2) is 22.0 Å². The first kappa shape index (κ1) is 15.7. The van der Waals surface area contributed by atoms with E-state index in [1.165, 1.54) is 12.1 Å². The number of benzene rings is 1. The second kappa shape index (κ2) is 6.00. The lowest BCUT2D eigenvalue weighted by Gasteiger charge is -2.08. The smallest absolute Gasteiger partial charge is 0.248 e. The van der Waals surface area contributed by atoms with Gasteiger partial charge in [0.2, 0.25) is 11.7 Å². The van der Waals surface area contributed by atoms with Gasteiger partial charge in [-0.2, -0.15) is 0 Å². The Morgan fingerprint density at radius 1 is 1.00 bits per heavy atom. The maximum atomic E-state index is 13.4. The zero-order valence-corrected chi connectivity index (χ0v) is 11.0. The van der Waals surface area contributed by atoms with Crippen molar-refractivity contribution in [2.45, 2.75) is 6.92 Å². The summed E-state index contributed by atoms with van der Waals surface area (Å²) in [4.78, 5) is 11.5. The molecular formula is C14H8F5NO2. The third-order valence-electron chi connectivity index (χ3n) is 2.62. The van der Waals surface area contributed by atoms with E-state index in [-0.39, 0.29) is 5.76 Å². The van der Waals surface area contributed by atoms with Gasteiger partial charge in [0.15, 0.2) is 23.3 Å². The molecule has 0 saturated heterocycles. The number of halogens is 5. The third-order valence-corrected chi connectivity index (χ3v) is 2.62. The van der Waals surface area contributed by atoms with Crippen molar-refractivity contribution in [1.82, 2.24) is 0 Å². The Morgan fingerprint density at radius 3 is 2.05 bits per heavy atom. The summed E-state index contributed by atoms with van der Waals surface area (Å²) in [6.07, 6.45) is 2.00. The van der Waals surface area contributed by atoms with Crippen LogP contribution >= 0.6 is 0 Å². The van der Waals surface area contributed by atoms with E-state index in [9.17, 15) is 26.7 Å². The van der Waals surface area contributed by atoms with Crippen molar-refractivity contribution in [3.63, 3.8) is 0 Å². The molecule has 0 atom stereocenters. The number of carbonyl (C=O) groups is 1. The average Bonchev–Trinajstić information content (AvgIpc) is 2.91. The van der Waals surface area contributed by atoms with Crippen molar-refractivity contribution >= 4 is 17.7 Å². The van der Waals surface area contributed by atoms with Crippen LogP contribution in [0, 0.1) is 36.0 Å². The maximum Gasteiger partial charge on any atom is 0.248 e. The Bertz CT molecular complexity index is 738. The molecule has 0 bridgehead atoms. The zero-order valence-electron chi connectivity index (χ0n) is 11.0. The summed E-state index contributed by atoms with van der Waals surface area (Å²) in [5.74, 6) is -11.0. The Kier molecular flexibility index (Phi) is 4.30. The number of hydrogen-bond donors (Lipinski definition) is 1. The molecule has 0 fully saturated rings. The SMILES string of the molecule is Cc1ccc(/C=C/C(=O)Nc2c(F)c(F)c(F)c(F)c2F)o1. The Balaban J connectivity index is 2.24. The standard InChI is InChI=1S/C14H8F5NO2/c1-6-2-3-7(22-6)4-5-8(21)20-14-12(18)10(16)9(15)11(17)13(14)19/h2-5H,1H3,(H,20,21)/b5-4+. The lowest BCUT2D eigenvalue weighted by Crippen LogP contribution is -2.14. The van der Waals surface area contributed by atoms with Crippen LogP contribution in [0.15, 0.2) is 22.6 Å². The molecule has 116 valence electrons. The highest BCUT2D eigenvalue weighted by atomic mass is 19.2. The van der Waals surface area contributed by atoms with Crippen molar-refractivity contribution < 1.29 is 31.2 Å². The minimum absolute atomic E-state index is 0.282. The van der Waals surface area contributed by atoms with Crippen molar-refractivity contribution in [2.75, 3.05) is 5.32 Å². The summed E-state index contributed by atoms with van der Waals surface area (Å²) in [6, 6.07) is 3.14. The van der Waals surface area contributed by atoms with Crippen LogP contribution in [-0.2, 0) is 4.79 Å². The molecule has 2 aromatic rings. The van der Waals surface area contributed by atoms with Gasteiger partial charge < -0.3 is 9.73 Å². The van der Waals surface area contributed by atoms with E-state index in [1.807, 2.05) is 0 Å². The summed E-state index contributed by atoms with van der Waals surface area (Å²) in [5.41, 5.74) is -1.42. The Labute approximate surface area is 121 Å². The summed E-state index contributed by atoms with van der Waals surface area (Å²) in [7, 11) is 0. The topological polar surface area (TPSA) is 42.2 Å². The van der Waals surface area contributed by atoms with E-state index >= 15 is 0 Å². The first-order valence-corrected chi connectivity index (χ1v) is 5.88. The number of hydrogen-bond acceptors (Lipinski definition) is 2. The van der Waals surface area contributed by atoms with Gasteiger partial charge in [-0.1, -0.05) is 0 Å². The summed E-state index contributed by atoms with van der Waals surface area (Å²) >= 11 is 0. The molecule has 1 N–H and O–H groups in total. The number of aryl methyl sites for hydroxylation is 1. The molecule has 0 unspecified atom stereocenters. The lowest BCUT2D eigenvalue weighted by atomic mass is 10.2. The highest BCUT2D eigenvalue weighted by Crippen LogP contribution is 2.27. The molecule has 1 heterocycles. The van der Waals surface area contributed by atoms with Crippen LogP contribution in [0.3, 0.4) is 0 Å². The normalized spacial score (nSPS) is 11.2. The molecule has 0 aliphatic carbocycles. The molecule has 1 aromatic carbocycles. The Hall–Kier alpha value is -2.64. The minimum atomic E-state index is -2.30. The van der Waals surface area contributed by atoms with Gasteiger partial charge in [0.05, 0.1) is 0 Å². The van der Waals surface area contributed by atoms with Gasteiger partial charge in [-0.15, -0.1) is 0 Å². The second-order valence-electron chi connectivity index (χ2n) is 4.22. The van der Waals surface area contributed by atoms with Crippen LogP contribution in [0.4, 0.5) is 27.6 Å². The van der Waals surface area contributed by atoms with Gasteiger partial charge in [-0.3, -0.25) is 4.79 Å². The molecular weight excluding hydrogens is 309 g/mol. The van der Waals surface area contributed by atoms with E-state index in [1.54, 1.807) is 18.3 Å². The number of rotatable bonds is 3. The van der Waals surface area contributed by atoms with Crippen LogP contribution in [0.5, 0.6) is 0 Å². The number of furan rings is 1. The van der Waals surface area contributed by atoms with Crippen LogP contribution in [0.25, 0.3) is 6.08 Å². The fraction of sp³-hybridized carbons (Fsp3) is 0.0714. The molecule has 2 rings (SSSR count). The van der Waals surface area contributed by atoms with Crippen LogP contribution < -0.4 is 5.32 Å². The lowest BCUT2D eigenvalue weighted by molar-refractivity contribution is -0.111. The molecule has 0 radical (unpaired) electrons. The van der Waals surface area contributed by atoms with E-state index < -0.39 is 40.7 Å². The predicted molar refractivity (Wildman–Crippen MR) is 67.3 cm³/mol. The number of amides is 1. The van der Waals surface area contributed by atoms with E-state index in [2.05, 4.69) is 0 Å². The number of anilines is 1. The van der Waals surface area contributed by atoms with E-state index in [0.717, 1.165) is 6.08 Å². The van der Waals surface area contributed by atoms with Gasteiger partial charge in [0.1, 0.15) is 17.2 Å². The molecule has 0 aliphatic heterocycles. The van der Waals surface area contributed by atoms with Crippen molar-refractivity contribution in [2.24, 2.45) is 0 Å². The van der Waals surface area contributed by atoms with E-state index in [0.29, 0.717) is 5.76 Å².